The van der Waals surface area contributed by atoms with Crippen LogP contribution in [0.2, 0.25) is 0 Å². The second kappa shape index (κ2) is 6.72. The number of ether oxygens (including phenoxy) is 1. The van der Waals surface area contributed by atoms with Gasteiger partial charge in [-0.05, 0) is 27.0 Å². The summed E-state index contributed by atoms with van der Waals surface area (Å²) in [6, 6.07) is 0.413. The van der Waals surface area contributed by atoms with E-state index in [1.807, 2.05) is 0 Å². The normalized spacial score (nSPS) is 12.8. The van der Waals surface area contributed by atoms with Gasteiger partial charge in [-0.15, -0.1) is 0 Å². The van der Waals surface area contributed by atoms with E-state index in [9.17, 15) is 18.0 Å². The van der Waals surface area contributed by atoms with E-state index in [4.69, 9.17) is 4.74 Å². The second-order valence-electron chi connectivity index (χ2n) is 4.33. The van der Waals surface area contributed by atoms with E-state index >= 15 is 0 Å². The van der Waals surface area contributed by atoms with Crippen molar-refractivity contribution < 1.29 is 22.7 Å². The van der Waals surface area contributed by atoms with Gasteiger partial charge in [-0.3, -0.25) is 4.79 Å². The van der Waals surface area contributed by atoms with Gasteiger partial charge in [-0.2, -0.15) is 0 Å². The van der Waals surface area contributed by atoms with E-state index in [-0.39, 0.29) is 17.2 Å². The third-order valence-corrected chi connectivity index (χ3v) is 4.16. The van der Waals surface area contributed by atoms with Gasteiger partial charge in [-0.1, -0.05) is 0 Å². The Morgan fingerprint density at radius 1 is 1.43 bits per heavy atom. The topological polar surface area (TPSA) is 106 Å². The zero-order valence-corrected chi connectivity index (χ0v) is 13.2. The standard InChI is InChI=1S/C12H19N3O5S/c1-5-20-12(17)8(2)14-11(16)10-6-9(7-15(10)4)21(18,19)13-3/h6-8,13H,5H2,1-4H3,(H,14,16). The molecule has 0 saturated carbocycles. The van der Waals surface area contributed by atoms with Crippen molar-refractivity contribution in [2.45, 2.75) is 24.8 Å². The van der Waals surface area contributed by atoms with Crippen LogP contribution in [0.1, 0.15) is 24.3 Å². The first-order valence-corrected chi connectivity index (χ1v) is 7.78. The summed E-state index contributed by atoms with van der Waals surface area (Å²) in [7, 11) is -0.806. The first-order chi connectivity index (χ1) is 9.72. The lowest BCUT2D eigenvalue weighted by atomic mass is 10.3. The van der Waals surface area contributed by atoms with Crippen molar-refractivity contribution in [1.82, 2.24) is 14.6 Å². The number of hydrogen-bond donors (Lipinski definition) is 2. The van der Waals surface area contributed by atoms with Crippen LogP contribution < -0.4 is 10.0 Å². The molecular formula is C12H19N3O5S. The van der Waals surface area contributed by atoms with Crippen LogP contribution in [0, 0.1) is 0 Å². The molecule has 0 spiro atoms. The van der Waals surface area contributed by atoms with Crippen molar-refractivity contribution in [3.8, 4) is 0 Å². The van der Waals surface area contributed by atoms with Crippen molar-refractivity contribution >= 4 is 21.9 Å². The molecule has 0 aliphatic heterocycles. The third kappa shape index (κ3) is 4.05. The lowest BCUT2D eigenvalue weighted by Gasteiger charge is -2.12. The van der Waals surface area contributed by atoms with Gasteiger partial charge in [0.15, 0.2) is 0 Å². The van der Waals surface area contributed by atoms with Gasteiger partial charge < -0.3 is 14.6 Å². The summed E-state index contributed by atoms with van der Waals surface area (Å²) in [5, 5.41) is 2.45. The van der Waals surface area contributed by atoms with Crippen LogP contribution in [0.25, 0.3) is 0 Å². The molecule has 1 amide bonds. The number of aryl methyl sites for hydroxylation is 1. The summed E-state index contributed by atoms with van der Waals surface area (Å²) in [5.41, 5.74) is 0.125. The van der Waals surface area contributed by atoms with Crippen molar-refractivity contribution in [2.75, 3.05) is 13.7 Å². The summed E-state index contributed by atoms with van der Waals surface area (Å²) in [6.07, 6.45) is 1.32. The van der Waals surface area contributed by atoms with Gasteiger partial charge in [0.2, 0.25) is 10.0 Å². The number of amides is 1. The van der Waals surface area contributed by atoms with Crippen LogP contribution in [0.5, 0.6) is 0 Å². The highest BCUT2D eigenvalue weighted by atomic mass is 32.2. The molecule has 1 aromatic rings. The first-order valence-electron chi connectivity index (χ1n) is 6.30. The van der Waals surface area contributed by atoms with Crippen molar-refractivity contribution in [2.24, 2.45) is 7.05 Å². The molecule has 2 N–H and O–H groups in total. The summed E-state index contributed by atoms with van der Waals surface area (Å²) < 4.78 is 31.7. The lowest BCUT2D eigenvalue weighted by molar-refractivity contribution is -0.144. The number of carbonyl (C=O) groups excluding carboxylic acids is 2. The Morgan fingerprint density at radius 2 is 2.05 bits per heavy atom. The maximum absolute atomic E-state index is 12.1. The van der Waals surface area contributed by atoms with Crippen LogP contribution >= 0.6 is 0 Å². The van der Waals surface area contributed by atoms with Gasteiger partial charge in [0.1, 0.15) is 16.6 Å². The number of aromatic nitrogens is 1. The summed E-state index contributed by atoms with van der Waals surface area (Å²) in [5.74, 6) is -1.11. The largest absolute Gasteiger partial charge is 0.464 e. The molecule has 0 aliphatic rings. The molecular weight excluding hydrogens is 298 g/mol. The Bertz CT molecular complexity index is 635. The smallest absolute Gasteiger partial charge is 0.328 e. The number of hydrogen-bond acceptors (Lipinski definition) is 5. The van der Waals surface area contributed by atoms with Crippen LogP contribution in [0.4, 0.5) is 0 Å². The van der Waals surface area contributed by atoms with Gasteiger partial charge in [0.05, 0.1) is 6.61 Å². The molecule has 1 rings (SSSR count). The van der Waals surface area contributed by atoms with Crippen molar-refractivity contribution in [3.63, 3.8) is 0 Å². The van der Waals surface area contributed by atoms with E-state index in [1.54, 1.807) is 14.0 Å². The van der Waals surface area contributed by atoms with Gasteiger partial charge in [0.25, 0.3) is 5.91 Å². The Balaban J connectivity index is 2.92. The number of carbonyl (C=O) groups is 2. The number of rotatable bonds is 6. The third-order valence-electron chi connectivity index (χ3n) is 2.78. The number of nitrogens with one attached hydrogen (secondary N) is 2. The quantitative estimate of drug-likeness (QED) is 0.695. The Morgan fingerprint density at radius 3 is 2.57 bits per heavy atom. The molecule has 0 saturated heterocycles. The second-order valence-corrected chi connectivity index (χ2v) is 6.21. The minimum atomic E-state index is -3.63. The molecule has 118 valence electrons. The predicted molar refractivity (Wildman–Crippen MR) is 75.2 cm³/mol. The Kier molecular flexibility index (Phi) is 5.50. The van der Waals surface area contributed by atoms with E-state index in [0.29, 0.717) is 0 Å². The van der Waals surface area contributed by atoms with E-state index in [0.717, 1.165) is 0 Å². The molecule has 1 aromatic heterocycles. The molecule has 1 heterocycles. The predicted octanol–water partition coefficient (Wildman–Crippen LogP) is -0.385. The average molecular weight is 317 g/mol. The maximum Gasteiger partial charge on any atom is 0.328 e. The number of sulfonamides is 1. The van der Waals surface area contributed by atoms with Gasteiger partial charge >= 0.3 is 5.97 Å². The minimum Gasteiger partial charge on any atom is -0.464 e. The molecule has 21 heavy (non-hydrogen) atoms. The molecule has 0 bridgehead atoms. The highest BCUT2D eigenvalue weighted by Crippen LogP contribution is 2.13. The fourth-order valence-electron chi connectivity index (χ4n) is 1.62. The average Bonchev–Trinajstić information content (AvgIpc) is 2.81. The molecule has 0 aliphatic carbocycles. The molecule has 0 radical (unpaired) electrons. The Labute approximate surface area is 123 Å². The molecule has 0 aromatic carbocycles. The Hall–Kier alpha value is -1.87. The van der Waals surface area contributed by atoms with Crippen molar-refractivity contribution in [1.29, 1.82) is 0 Å². The maximum atomic E-state index is 12.1. The van der Waals surface area contributed by atoms with E-state index in [2.05, 4.69) is 10.0 Å². The highest BCUT2D eigenvalue weighted by Gasteiger charge is 2.22. The molecule has 8 nitrogen and oxygen atoms in total. The van der Waals surface area contributed by atoms with E-state index < -0.39 is 27.9 Å². The van der Waals surface area contributed by atoms with Crippen LogP contribution in [0.15, 0.2) is 17.2 Å². The molecule has 9 heteroatoms. The van der Waals surface area contributed by atoms with Gasteiger partial charge in [0, 0.05) is 13.2 Å². The fourth-order valence-corrected chi connectivity index (χ4v) is 2.42. The fraction of sp³-hybridized carbons (Fsp3) is 0.500. The molecule has 0 fully saturated rings. The summed E-state index contributed by atoms with van der Waals surface area (Å²) in [6.45, 7) is 3.37. The van der Waals surface area contributed by atoms with Gasteiger partial charge in [-0.25, -0.2) is 17.9 Å². The van der Waals surface area contributed by atoms with Crippen LogP contribution in [0.3, 0.4) is 0 Å². The van der Waals surface area contributed by atoms with Crippen LogP contribution in [-0.2, 0) is 26.6 Å². The minimum absolute atomic E-state index is 0.0264. The lowest BCUT2D eigenvalue weighted by Crippen LogP contribution is -2.40. The zero-order valence-electron chi connectivity index (χ0n) is 12.3. The number of esters is 1. The SMILES string of the molecule is CCOC(=O)C(C)NC(=O)c1cc(S(=O)(=O)NC)cn1C. The number of nitrogens with zero attached hydrogens (tertiary/aromatic N) is 1. The van der Waals surface area contributed by atoms with E-state index in [1.165, 1.54) is 30.8 Å². The highest BCUT2D eigenvalue weighted by molar-refractivity contribution is 7.89. The summed E-state index contributed by atoms with van der Waals surface area (Å²) >= 11 is 0. The van der Waals surface area contributed by atoms with Crippen LogP contribution in [-0.4, -0.2) is 44.6 Å². The monoisotopic (exact) mass is 317 g/mol. The molecule has 1 unspecified atom stereocenters. The summed E-state index contributed by atoms with van der Waals surface area (Å²) in [4.78, 5) is 23.5. The first kappa shape index (κ1) is 17.2. The molecule has 1 atom stereocenters. The zero-order chi connectivity index (χ0) is 16.2. The van der Waals surface area contributed by atoms with Crippen molar-refractivity contribution in [3.05, 3.63) is 18.0 Å².